The Hall–Kier alpha value is -2.73. The number of pyridine rings is 1. The summed E-state index contributed by atoms with van der Waals surface area (Å²) in [6, 6.07) is 8.17. The standard InChI is InChI=1S/C20H22ClN3O3/c1-20(2,3)16(25)11-23-15-9-13(27-4)6-7-14(15)18(22)19(26)12-5-8-17(21)24-10-12/h5-10,22-23H,11H2,1-4H3/p+1. The molecule has 0 radical (unpaired) electrons. The second-order valence-electron chi connectivity index (χ2n) is 7.05. The number of rotatable bonds is 7. The first-order valence-electron chi connectivity index (χ1n) is 8.37. The molecule has 0 aliphatic rings. The highest BCUT2D eigenvalue weighted by Gasteiger charge is 2.25. The number of ketones is 2. The molecule has 0 bridgehead atoms. The molecule has 1 aromatic carbocycles. The fourth-order valence-corrected chi connectivity index (χ4v) is 2.37. The molecular weight excluding hydrogens is 366 g/mol. The van der Waals surface area contributed by atoms with Crippen LogP contribution in [0.3, 0.4) is 0 Å². The SMILES string of the molecule is COc1ccc(C(=[NH2+])C(=O)c2ccc(Cl)nc2)c(NCC(=O)C(C)(C)C)c1. The van der Waals surface area contributed by atoms with Gasteiger partial charge in [0, 0.05) is 23.2 Å². The molecule has 3 N–H and O–H groups in total. The van der Waals surface area contributed by atoms with Gasteiger partial charge in [-0.2, -0.15) is 0 Å². The van der Waals surface area contributed by atoms with Crippen LogP contribution in [-0.4, -0.2) is 35.9 Å². The number of carbonyl (C=O) groups excluding carboxylic acids is 2. The van der Waals surface area contributed by atoms with Crippen molar-refractivity contribution in [2.75, 3.05) is 19.0 Å². The maximum absolute atomic E-state index is 12.7. The first-order chi connectivity index (χ1) is 12.6. The normalized spacial score (nSPS) is 11.0. The summed E-state index contributed by atoms with van der Waals surface area (Å²) < 4.78 is 5.24. The van der Waals surface area contributed by atoms with Crippen LogP contribution in [0.25, 0.3) is 0 Å². The Morgan fingerprint density at radius 3 is 2.48 bits per heavy atom. The molecule has 7 heteroatoms. The first-order valence-corrected chi connectivity index (χ1v) is 8.75. The molecule has 0 amide bonds. The fraction of sp³-hybridized carbons (Fsp3) is 0.300. The topological polar surface area (TPSA) is 93.9 Å². The highest BCUT2D eigenvalue weighted by Crippen LogP contribution is 2.24. The van der Waals surface area contributed by atoms with E-state index < -0.39 is 5.41 Å². The lowest BCUT2D eigenvalue weighted by Crippen LogP contribution is -2.46. The molecule has 0 atom stereocenters. The summed E-state index contributed by atoms with van der Waals surface area (Å²) >= 11 is 5.76. The minimum Gasteiger partial charge on any atom is -0.497 e. The van der Waals surface area contributed by atoms with Gasteiger partial charge in [0.05, 0.1) is 24.9 Å². The van der Waals surface area contributed by atoms with Crippen molar-refractivity contribution in [1.82, 2.24) is 4.98 Å². The first kappa shape index (κ1) is 20.6. The number of hydrogen-bond acceptors (Lipinski definition) is 5. The maximum atomic E-state index is 12.7. The molecular formula is C20H23ClN3O3+. The molecule has 2 rings (SSSR count). The smallest absolute Gasteiger partial charge is 0.258 e. The molecule has 6 nitrogen and oxygen atoms in total. The van der Waals surface area contributed by atoms with Crippen LogP contribution in [-0.2, 0) is 4.79 Å². The number of methoxy groups -OCH3 is 1. The van der Waals surface area contributed by atoms with Gasteiger partial charge in [-0.3, -0.25) is 15.0 Å². The Morgan fingerprint density at radius 2 is 1.93 bits per heavy atom. The van der Waals surface area contributed by atoms with Crippen LogP contribution < -0.4 is 15.5 Å². The number of hydrogen-bond donors (Lipinski definition) is 2. The van der Waals surface area contributed by atoms with E-state index in [4.69, 9.17) is 21.7 Å². The van der Waals surface area contributed by atoms with E-state index in [-0.39, 0.29) is 29.0 Å². The van der Waals surface area contributed by atoms with E-state index in [9.17, 15) is 9.59 Å². The van der Waals surface area contributed by atoms with E-state index in [0.717, 1.165) is 0 Å². The van der Waals surface area contributed by atoms with Gasteiger partial charge >= 0.3 is 0 Å². The molecule has 0 fully saturated rings. The summed E-state index contributed by atoms with van der Waals surface area (Å²) in [7, 11) is 1.54. The summed E-state index contributed by atoms with van der Waals surface area (Å²) in [6.45, 7) is 5.65. The zero-order valence-electron chi connectivity index (χ0n) is 15.8. The number of nitrogens with one attached hydrogen (secondary N) is 1. The third-order valence-electron chi connectivity index (χ3n) is 4.03. The Labute approximate surface area is 163 Å². The Morgan fingerprint density at radius 1 is 1.22 bits per heavy atom. The molecule has 0 saturated carbocycles. The quantitative estimate of drug-likeness (QED) is 0.431. The number of Topliss-reactive ketones (excluding diaryl/α,β-unsaturated/α-hetero) is 2. The molecule has 2 aromatic rings. The highest BCUT2D eigenvalue weighted by molar-refractivity contribution is 6.50. The number of aromatic nitrogens is 1. The van der Waals surface area contributed by atoms with E-state index >= 15 is 0 Å². The molecule has 0 aliphatic carbocycles. The van der Waals surface area contributed by atoms with Crippen molar-refractivity contribution in [3.63, 3.8) is 0 Å². The third kappa shape index (κ3) is 5.14. The average molecular weight is 389 g/mol. The molecule has 27 heavy (non-hydrogen) atoms. The van der Waals surface area contributed by atoms with Crippen molar-refractivity contribution < 1.29 is 19.7 Å². The molecule has 1 heterocycles. The van der Waals surface area contributed by atoms with Gasteiger partial charge in [0.1, 0.15) is 10.9 Å². The number of carbonyl (C=O) groups is 2. The highest BCUT2D eigenvalue weighted by atomic mass is 35.5. The number of halogens is 1. The lowest BCUT2D eigenvalue weighted by Gasteiger charge is -2.18. The predicted octanol–water partition coefficient (Wildman–Crippen LogP) is 2.20. The summed E-state index contributed by atoms with van der Waals surface area (Å²) in [4.78, 5) is 28.8. The number of nitrogens with two attached hydrogens (primary N) is 1. The van der Waals surface area contributed by atoms with Crippen LogP contribution in [0, 0.1) is 5.41 Å². The summed E-state index contributed by atoms with van der Waals surface area (Å²) in [5.74, 6) is 0.232. The summed E-state index contributed by atoms with van der Waals surface area (Å²) in [5.41, 5.74) is 0.903. The van der Waals surface area contributed by atoms with Crippen LogP contribution in [0.4, 0.5) is 5.69 Å². The van der Waals surface area contributed by atoms with Crippen molar-refractivity contribution >= 4 is 34.6 Å². The van der Waals surface area contributed by atoms with E-state index in [0.29, 0.717) is 22.6 Å². The second kappa shape index (κ2) is 8.31. The van der Waals surface area contributed by atoms with E-state index in [1.54, 1.807) is 24.3 Å². The van der Waals surface area contributed by atoms with E-state index in [1.165, 1.54) is 19.4 Å². The lowest BCUT2D eigenvalue weighted by atomic mass is 9.90. The van der Waals surface area contributed by atoms with Gasteiger partial charge in [0.25, 0.3) is 11.5 Å². The molecule has 0 unspecified atom stereocenters. The van der Waals surface area contributed by atoms with Crippen LogP contribution in [0.15, 0.2) is 36.5 Å². The number of nitrogens with zero attached hydrogens (tertiary/aromatic N) is 1. The number of ether oxygens (including phenoxy) is 1. The maximum Gasteiger partial charge on any atom is 0.258 e. The lowest BCUT2D eigenvalue weighted by molar-refractivity contribution is -0.124. The van der Waals surface area contributed by atoms with Gasteiger partial charge in [-0.25, -0.2) is 4.98 Å². The molecule has 0 spiro atoms. The van der Waals surface area contributed by atoms with Gasteiger partial charge in [0.2, 0.25) is 0 Å². The number of anilines is 1. The van der Waals surface area contributed by atoms with Crippen molar-refractivity contribution in [2.45, 2.75) is 20.8 Å². The average Bonchev–Trinajstić information content (AvgIpc) is 2.64. The Balaban J connectivity index is 2.31. The predicted molar refractivity (Wildman–Crippen MR) is 106 cm³/mol. The van der Waals surface area contributed by atoms with Gasteiger partial charge in [-0.05, 0) is 24.3 Å². The third-order valence-corrected chi connectivity index (χ3v) is 4.25. The van der Waals surface area contributed by atoms with Crippen molar-refractivity contribution in [1.29, 1.82) is 0 Å². The summed E-state index contributed by atoms with van der Waals surface area (Å²) in [6.07, 6.45) is 1.37. The van der Waals surface area contributed by atoms with E-state index in [1.807, 2.05) is 20.8 Å². The second-order valence-corrected chi connectivity index (χ2v) is 7.44. The van der Waals surface area contributed by atoms with Crippen LogP contribution >= 0.6 is 11.6 Å². The zero-order valence-corrected chi connectivity index (χ0v) is 16.6. The van der Waals surface area contributed by atoms with Gasteiger partial charge in [-0.15, -0.1) is 0 Å². The van der Waals surface area contributed by atoms with Crippen molar-refractivity contribution in [2.24, 2.45) is 5.41 Å². The van der Waals surface area contributed by atoms with Gasteiger partial charge in [0.15, 0.2) is 5.78 Å². The fourth-order valence-electron chi connectivity index (χ4n) is 2.26. The molecule has 1 aromatic heterocycles. The Kier molecular flexibility index (Phi) is 6.33. The van der Waals surface area contributed by atoms with Gasteiger partial charge < -0.3 is 10.1 Å². The minimum atomic E-state index is -0.480. The van der Waals surface area contributed by atoms with Crippen LogP contribution in [0.2, 0.25) is 5.15 Å². The molecule has 0 saturated heterocycles. The van der Waals surface area contributed by atoms with Crippen LogP contribution in [0.1, 0.15) is 36.7 Å². The van der Waals surface area contributed by atoms with Crippen molar-refractivity contribution in [3.8, 4) is 5.75 Å². The number of benzene rings is 1. The monoisotopic (exact) mass is 388 g/mol. The van der Waals surface area contributed by atoms with Crippen LogP contribution in [0.5, 0.6) is 5.75 Å². The molecule has 0 aliphatic heterocycles. The van der Waals surface area contributed by atoms with E-state index in [2.05, 4.69) is 10.3 Å². The zero-order chi connectivity index (χ0) is 20.2. The van der Waals surface area contributed by atoms with Gasteiger partial charge in [-0.1, -0.05) is 32.4 Å². The minimum absolute atomic E-state index is 0.0306. The summed E-state index contributed by atoms with van der Waals surface area (Å²) in [5, 5.41) is 9.49. The van der Waals surface area contributed by atoms with Crippen molar-refractivity contribution in [3.05, 3.63) is 52.8 Å². The molecule has 142 valence electrons. The largest absolute Gasteiger partial charge is 0.497 e. The Bertz CT molecular complexity index is 871.